The second-order valence-corrected chi connectivity index (χ2v) is 6.43. The lowest BCUT2D eigenvalue weighted by atomic mass is 10.0. The van der Waals surface area contributed by atoms with E-state index in [1.54, 1.807) is 24.3 Å². The number of amides is 1. The van der Waals surface area contributed by atoms with Gasteiger partial charge in [0.15, 0.2) is 11.6 Å². The van der Waals surface area contributed by atoms with Gasteiger partial charge in [0.1, 0.15) is 5.82 Å². The molecule has 138 valence electrons. The normalized spacial score (nSPS) is 19.8. The molecule has 0 radical (unpaired) electrons. The average molecular weight is 380 g/mol. The summed E-state index contributed by atoms with van der Waals surface area (Å²) in [5, 5.41) is 6.52. The summed E-state index contributed by atoms with van der Waals surface area (Å²) in [6.07, 6.45) is 0.625. The molecule has 0 bridgehead atoms. The molecular weight excluding hydrogens is 361 g/mol. The van der Waals surface area contributed by atoms with Gasteiger partial charge < -0.3 is 26.8 Å². The number of pyridine rings is 1. The number of carbonyl (C=O) groups excluding carboxylic acids is 1. The smallest absolute Gasteiger partial charge is 0.252 e. The maximum Gasteiger partial charge on any atom is 0.252 e. The highest BCUT2D eigenvalue weighted by molar-refractivity contribution is 6.30. The molecule has 2 heterocycles. The van der Waals surface area contributed by atoms with Crippen molar-refractivity contribution in [1.29, 1.82) is 0 Å². The Morgan fingerprint density at radius 1 is 1.31 bits per heavy atom. The highest BCUT2D eigenvalue weighted by Gasteiger charge is 2.25. The summed E-state index contributed by atoms with van der Waals surface area (Å²) < 4.78 is 19.7. The first-order chi connectivity index (χ1) is 12.4. The lowest BCUT2D eigenvalue weighted by Crippen LogP contribution is -2.47. The molecule has 1 saturated heterocycles. The third-order valence-electron chi connectivity index (χ3n) is 4.07. The fourth-order valence-corrected chi connectivity index (χ4v) is 2.78. The number of halogens is 2. The summed E-state index contributed by atoms with van der Waals surface area (Å²) in [6, 6.07) is 7.36. The molecule has 1 amide bonds. The Kier molecular flexibility index (Phi) is 5.55. The molecule has 0 unspecified atom stereocenters. The fraction of sp³-hybridized carbons (Fsp3) is 0.294. The minimum absolute atomic E-state index is 0.00573. The predicted octanol–water partition coefficient (Wildman–Crippen LogP) is 2.24. The molecule has 9 heteroatoms. The number of carbonyl (C=O) groups is 1. The summed E-state index contributed by atoms with van der Waals surface area (Å²) in [7, 11) is 0. The van der Waals surface area contributed by atoms with Gasteiger partial charge in [-0.05, 0) is 36.8 Å². The van der Waals surface area contributed by atoms with Gasteiger partial charge in [0, 0.05) is 29.4 Å². The summed E-state index contributed by atoms with van der Waals surface area (Å²) in [4.78, 5) is 15.9. The zero-order valence-electron chi connectivity index (χ0n) is 13.8. The molecule has 3 rings (SSSR count). The molecule has 1 aromatic heterocycles. The molecule has 0 aliphatic carbocycles. The van der Waals surface area contributed by atoms with E-state index in [1.807, 2.05) is 0 Å². The van der Waals surface area contributed by atoms with E-state index in [9.17, 15) is 9.18 Å². The van der Waals surface area contributed by atoms with E-state index in [4.69, 9.17) is 27.8 Å². The van der Waals surface area contributed by atoms with Crippen LogP contribution in [0.5, 0.6) is 0 Å². The number of ether oxygens (including phenoxy) is 1. The molecule has 2 aromatic rings. The standard InChI is InChI=1S/C17H19ClFN5O2/c18-9-1-3-10(4-2-9)22-16-11(15(21)25)7-12(19)17(24-16)23-14-5-6-26-8-13(14)20/h1-4,7,13-14H,5-6,8,20H2,(H2,21,25)(H2,22,23,24)/t13-,14+/m0/s1. The van der Waals surface area contributed by atoms with Crippen LogP contribution >= 0.6 is 11.6 Å². The van der Waals surface area contributed by atoms with Gasteiger partial charge in [-0.25, -0.2) is 9.37 Å². The van der Waals surface area contributed by atoms with Crippen molar-refractivity contribution in [2.24, 2.45) is 11.5 Å². The van der Waals surface area contributed by atoms with Crippen LogP contribution in [-0.4, -0.2) is 36.2 Å². The Bertz CT molecular complexity index is 802. The Balaban J connectivity index is 1.90. The topological polar surface area (TPSA) is 115 Å². The van der Waals surface area contributed by atoms with Crippen LogP contribution in [0.4, 0.5) is 21.7 Å². The molecule has 7 nitrogen and oxygen atoms in total. The van der Waals surface area contributed by atoms with Crippen molar-refractivity contribution in [3.63, 3.8) is 0 Å². The number of anilines is 3. The lowest BCUT2D eigenvalue weighted by molar-refractivity contribution is 0.0751. The number of hydrogen-bond donors (Lipinski definition) is 4. The largest absolute Gasteiger partial charge is 0.380 e. The second kappa shape index (κ2) is 7.86. The summed E-state index contributed by atoms with van der Waals surface area (Å²) in [5.41, 5.74) is 11.9. The Hall–Kier alpha value is -2.42. The second-order valence-electron chi connectivity index (χ2n) is 5.99. The Labute approximate surface area is 154 Å². The minimum Gasteiger partial charge on any atom is -0.380 e. The number of nitrogens with two attached hydrogens (primary N) is 2. The molecule has 2 atom stereocenters. The van der Waals surface area contributed by atoms with Crippen LogP contribution < -0.4 is 22.1 Å². The zero-order valence-corrected chi connectivity index (χ0v) is 14.6. The first kappa shape index (κ1) is 18.4. The fourth-order valence-electron chi connectivity index (χ4n) is 2.66. The van der Waals surface area contributed by atoms with Crippen LogP contribution in [0.15, 0.2) is 30.3 Å². The Morgan fingerprint density at radius 2 is 2.04 bits per heavy atom. The van der Waals surface area contributed by atoms with Gasteiger partial charge >= 0.3 is 0 Å². The van der Waals surface area contributed by atoms with Gasteiger partial charge in [0.2, 0.25) is 0 Å². The molecular formula is C17H19ClFN5O2. The van der Waals surface area contributed by atoms with Crippen molar-refractivity contribution >= 4 is 34.8 Å². The average Bonchev–Trinajstić information content (AvgIpc) is 2.61. The number of nitrogens with one attached hydrogen (secondary N) is 2. The SMILES string of the molecule is NC(=O)c1cc(F)c(N[C@@H]2CCOC[C@@H]2N)nc1Nc1ccc(Cl)cc1. The van der Waals surface area contributed by atoms with Crippen LogP contribution in [0.1, 0.15) is 16.8 Å². The Morgan fingerprint density at radius 3 is 2.69 bits per heavy atom. The van der Waals surface area contributed by atoms with E-state index < -0.39 is 11.7 Å². The summed E-state index contributed by atoms with van der Waals surface area (Å²) in [5.74, 6) is -1.33. The van der Waals surface area contributed by atoms with Crippen molar-refractivity contribution in [2.45, 2.75) is 18.5 Å². The third-order valence-corrected chi connectivity index (χ3v) is 4.32. The van der Waals surface area contributed by atoms with Crippen LogP contribution in [-0.2, 0) is 4.74 Å². The summed E-state index contributed by atoms with van der Waals surface area (Å²) >= 11 is 5.87. The van der Waals surface area contributed by atoms with Gasteiger partial charge in [-0.1, -0.05) is 11.6 Å². The van der Waals surface area contributed by atoms with Crippen LogP contribution in [0.25, 0.3) is 0 Å². The number of primary amides is 1. The van der Waals surface area contributed by atoms with Gasteiger partial charge in [0.25, 0.3) is 5.91 Å². The number of hydrogen-bond acceptors (Lipinski definition) is 6. The van der Waals surface area contributed by atoms with Crippen LogP contribution in [0.2, 0.25) is 5.02 Å². The quantitative estimate of drug-likeness (QED) is 0.633. The van der Waals surface area contributed by atoms with Crippen molar-refractivity contribution in [3.05, 3.63) is 46.7 Å². The summed E-state index contributed by atoms with van der Waals surface area (Å²) in [6.45, 7) is 0.913. The number of aromatic nitrogens is 1. The predicted molar refractivity (Wildman–Crippen MR) is 98.3 cm³/mol. The molecule has 0 spiro atoms. The first-order valence-corrected chi connectivity index (χ1v) is 8.44. The number of nitrogens with zero attached hydrogens (tertiary/aromatic N) is 1. The van der Waals surface area contributed by atoms with Crippen molar-refractivity contribution in [3.8, 4) is 0 Å². The third kappa shape index (κ3) is 4.21. The molecule has 26 heavy (non-hydrogen) atoms. The van der Waals surface area contributed by atoms with E-state index in [0.29, 0.717) is 30.3 Å². The van der Waals surface area contributed by atoms with E-state index >= 15 is 0 Å². The van der Waals surface area contributed by atoms with E-state index in [0.717, 1.165) is 6.07 Å². The van der Waals surface area contributed by atoms with E-state index in [1.165, 1.54) is 0 Å². The highest BCUT2D eigenvalue weighted by Crippen LogP contribution is 2.25. The first-order valence-electron chi connectivity index (χ1n) is 8.07. The molecule has 0 saturated carbocycles. The van der Waals surface area contributed by atoms with Gasteiger partial charge in [-0.15, -0.1) is 0 Å². The number of rotatable bonds is 5. The van der Waals surface area contributed by atoms with Gasteiger partial charge in [-0.2, -0.15) is 0 Å². The van der Waals surface area contributed by atoms with Crippen LogP contribution in [0, 0.1) is 5.82 Å². The van der Waals surface area contributed by atoms with Gasteiger partial charge in [0.05, 0.1) is 12.2 Å². The van der Waals surface area contributed by atoms with E-state index in [2.05, 4.69) is 15.6 Å². The number of benzene rings is 1. The monoisotopic (exact) mass is 379 g/mol. The van der Waals surface area contributed by atoms with Gasteiger partial charge in [-0.3, -0.25) is 4.79 Å². The maximum absolute atomic E-state index is 14.4. The molecule has 1 aliphatic heterocycles. The molecule has 1 fully saturated rings. The van der Waals surface area contributed by atoms with E-state index in [-0.39, 0.29) is 29.3 Å². The molecule has 1 aliphatic rings. The van der Waals surface area contributed by atoms with Crippen molar-refractivity contribution in [2.75, 3.05) is 23.8 Å². The molecule has 1 aromatic carbocycles. The van der Waals surface area contributed by atoms with Crippen molar-refractivity contribution in [1.82, 2.24) is 4.98 Å². The highest BCUT2D eigenvalue weighted by atomic mass is 35.5. The zero-order chi connectivity index (χ0) is 18.7. The lowest BCUT2D eigenvalue weighted by Gasteiger charge is -2.30. The van der Waals surface area contributed by atoms with Crippen LogP contribution in [0.3, 0.4) is 0 Å². The maximum atomic E-state index is 14.4. The van der Waals surface area contributed by atoms with Crippen molar-refractivity contribution < 1.29 is 13.9 Å². The minimum atomic E-state index is -0.790. The molecule has 6 N–H and O–H groups in total.